The molecular weight excluding hydrogens is 278 g/mol. The van der Waals surface area contributed by atoms with Gasteiger partial charge in [-0.1, -0.05) is 78.6 Å². The third kappa shape index (κ3) is 21.7. The van der Waals surface area contributed by atoms with E-state index in [9.17, 15) is 4.79 Å². The first-order valence-corrected chi connectivity index (χ1v) is 9.04. The van der Waals surface area contributed by atoms with Gasteiger partial charge >= 0.3 is 5.97 Å². The summed E-state index contributed by atoms with van der Waals surface area (Å²) < 4.78 is 0. The minimum Gasteiger partial charge on any atom is -0.480 e. The number of hydrogen-bond donors (Lipinski definition) is 3. The fourth-order valence-electron chi connectivity index (χ4n) is 2.21. The van der Waals surface area contributed by atoms with Crippen LogP contribution in [0.2, 0.25) is 0 Å². The lowest BCUT2D eigenvalue weighted by Crippen LogP contribution is -2.31. The average molecular weight is 318 g/mol. The van der Waals surface area contributed by atoms with Crippen molar-refractivity contribution in [3.05, 3.63) is 0 Å². The van der Waals surface area contributed by atoms with Crippen molar-refractivity contribution in [3.8, 4) is 0 Å². The van der Waals surface area contributed by atoms with Gasteiger partial charge in [0, 0.05) is 6.61 Å². The molecule has 0 saturated carbocycles. The second-order valence-electron chi connectivity index (χ2n) is 6.48. The second-order valence-corrected chi connectivity index (χ2v) is 6.48. The molecular formula is C18H39NO3. The van der Waals surface area contributed by atoms with Crippen molar-refractivity contribution in [2.45, 2.75) is 97.4 Å². The van der Waals surface area contributed by atoms with Gasteiger partial charge in [-0.05, 0) is 18.8 Å². The standard InChI is InChI=1S/C12H26O.C6H13NO2/c1-2-3-4-5-6-7-8-9-10-11-12-13;1-4(2)3-5(7)6(8)9/h13H,2-12H2,1H3;4-5H,3,7H2,1-2H3,(H,8,9). The van der Waals surface area contributed by atoms with Gasteiger partial charge in [-0.3, -0.25) is 4.79 Å². The number of aliphatic hydroxyl groups is 1. The van der Waals surface area contributed by atoms with Crippen LogP contribution in [0.4, 0.5) is 0 Å². The van der Waals surface area contributed by atoms with Gasteiger partial charge in [0.05, 0.1) is 0 Å². The molecule has 4 heteroatoms. The maximum absolute atomic E-state index is 10.1. The summed E-state index contributed by atoms with van der Waals surface area (Å²) in [4.78, 5) is 10.1. The van der Waals surface area contributed by atoms with Crippen LogP contribution in [0, 0.1) is 5.92 Å². The topological polar surface area (TPSA) is 83.6 Å². The molecule has 0 aromatic rings. The minimum atomic E-state index is -0.913. The first-order chi connectivity index (χ1) is 10.5. The lowest BCUT2D eigenvalue weighted by Gasteiger charge is -2.07. The SMILES string of the molecule is CC(C)CC(N)C(=O)O.CCCCCCCCCCCCO. The molecule has 0 aromatic heterocycles. The zero-order valence-corrected chi connectivity index (χ0v) is 15.0. The number of rotatable bonds is 13. The Hall–Kier alpha value is -0.610. The van der Waals surface area contributed by atoms with Crippen LogP contribution in [0.5, 0.6) is 0 Å². The molecule has 0 aliphatic heterocycles. The number of carboxylic acids is 1. The van der Waals surface area contributed by atoms with E-state index < -0.39 is 12.0 Å². The van der Waals surface area contributed by atoms with E-state index >= 15 is 0 Å². The molecule has 4 nitrogen and oxygen atoms in total. The maximum Gasteiger partial charge on any atom is 0.320 e. The summed E-state index contributed by atoms with van der Waals surface area (Å²) in [7, 11) is 0. The first-order valence-electron chi connectivity index (χ1n) is 9.04. The molecule has 1 unspecified atom stereocenters. The van der Waals surface area contributed by atoms with Crippen molar-refractivity contribution in [1.29, 1.82) is 0 Å². The largest absolute Gasteiger partial charge is 0.480 e. The smallest absolute Gasteiger partial charge is 0.320 e. The van der Waals surface area contributed by atoms with E-state index in [4.69, 9.17) is 15.9 Å². The van der Waals surface area contributed by atoms with Crippen LogP contribution in [0.15, 0.2) is 0 Å². The number of unbranched alkanes of at least 4 members (excludes halogenated alkanes) is 9. The van der Waals surface area contributed by atoms with E-state index in [2.05, 4.69) is 6.92 Å². The predicted octanol–water partition coefficient (Wildman–Crippen LogP) is 4.34. The number of aliphatic carboxylic acids is 1. The molecule has 0 aliphatic rings. The lowest BCUT2D eigenvalue weighted by atomic mass is 10.1. The lowest BCUT2D eigenvalue weighted by molar-refractivity contribution is -0.138. The van der Waals surface area contributed by atoms with E-state index in [0.717, 1.165) is 6.42 Å². The van der Waals surface area contributed by atoms with Gasteiger partial charge in [-0.15, -0.1) is 0 Å². The van der Waals surface area contributed by atoms with E-state index in [1.165, 1.54) is 57.8 Å². The van der Waals surface area contributed by atoms with E-state index in [-0.39, 0.29) is 0 Å². The van der Waals surface area contributed by atoms with Gasteiger partial charge in [-0.25, -0.2) is 0 Å². The van der Waals surface area contributed by atoms with Crippen molar-refractivity contribution >= 4 is 5.97 Å². The number of aliphatic hydroxyl groups excluding tert-OH is 1. The van der Waals surface area contributed by atoms with Crippen molar-refractivity contribution in [1.82, 2.24) is 0 Å². The van der Waals surface area contributed by atoms with E-state index in [1.54, 1.807) is 0 Å². The second kappa shape index (κ2) is 18.4. The van der Waals surface area contributed by atoms with Gasteiger partial charge in [0.1, 0.15) is 6.04 Å². The fraction of sp³-hybridized carbons (Fsp3) is 0.944. The molecule has 4 N–H and O–H groups in total. The highest BCUT2D eigenvalue weighted by Gasteiger charge is 2.11. The van der Waals surface area contributed by atoms with Gasteiger partial charge in [0.2, 0.25) is 0 Å². The van der Waals surface area contributed by atoms with Gasteiger partial charge < -0.3 is 15.9 Å². The highest BCUT2D eigenvalue weighted by molar-refractivity contribution is 5.72. The third-order valence-electron chi connectivity index (χ3n) is 3.55. The summed E-state index contributed by atoms with van der Waals surface area (Å²) in [6.07, 6.45) is 13.9. The Kier molecular flexibility index (Phi) is 19.8. The normalized spacial score (nSPS) is 11.9. The van der Waals surface area contributed by atoms with Crippen LogP contribution in [0.1, 0.15) is 91.4 Å². The Bertz CT molecular complexity index is 222. The number of hydrogen-bond acceptors (Lipinski definition) is 3. The Morgan fingerprint density at radius 1 is 0.909 bits per heavy atom. The van der Waals surface area contributed by atoms with Crippen molar-refractivity contribution < 1.29 is 15.0 Å². The maximum atomic E-state index is 10.1. The van der Waals surface area contributed by atoms with Crippen LogP contribution in [0.3, 0.4) is 0 Å². The molecule has 0 radical (unpaired) electrons. The summed E-state index contributed by atoms with van der Waals surface area (Å²) in [5, 5.41) is 16.9. The monoisotopic (exact) mass is 317 g/mol. The van der Waals surface area contributed by atoms with Gasteiger partial charge in [0.15, 0.2) is 0 Å². The molecule has 0 aliphatic carbocycles. The van der Waals surface area contributed by atoms with Crippen molar-refractivity contribution in [2.75, 3.05) is 6.61 Å². The highest BCUT2D eigenvalue weighted by Crippen LogP contribution is 2.10. The molecule has 0 bridgehead atoms. The predicted molar refractivity (Wildman–Crippen MR) is 94.0 cm³/mol. The summed E-state index contributed by atoms with van der Waals surface area (Å²) in [6, 6.07) is -0.690. The fourth-order valence-corrected chi connectivity index (χ4v) is 2.21. The average Bonchev–Trinajstić information content (AvgIpc) is 2.45. The molecule has 1 atom stereocenters. The van der Waals surface area contributed by atoms with Gasteiger partial charge in [-0.2, -0.15) is 0 Å². The highest BCUT2D eigenvalue weighted by atomic mass is 16.4. The van der Waals surface area contributed by atoms with E-state index in [1.807, 2.05) is 13.8 Å². The van der Waals surface area contributed by atoms with Crippen LogP contribution in [-0.4, -0.2) is 28.8 Å². The number of nitrogens with two attached hydrogens (primary N) is 1. The summed E-state index contributed by atoms with van der Waals surface area (Å²) in [5.74, 6) is -0.556. The summed E-state index contributed by atoms with van der Waals surface area (Å²) in [5.41, 5.74) is 5.22. The molecule has 0 aromatic carbocycles. The zero-order chi connectivity index (χ0) is 17.2. The first kappa shape index (κ1) is 23.7. The Balaban J connectivity index is 0. The molecule has 0 rings (SSSR count). The molecule has 0 amide bonds. The zero-order valence-electron chi connectivity index (χ0n) is 15.0. The molecule has 0 fully saturated rings. The quantitative estimate of drug-likeness (QED) is 0.441. The van der Waals surface area contributed by atoms with Crippen LogP contribution < -0.4 is 5.73 Å². The van der Waals surface area contributed by atoms with Crippen molar-refractivity contribution in [3.63, 3.8) is 0 Å². The van der Waals surface area contributed by atoms with Gasteiger partial charge in [0.25, 0.3) is 0 Å². The molecule has 0 spiro atoms. The molecule has 22 heavy (non-hydrogen) atoms. The third-order valence-corrected chi connectivity index (χ3v) is 3.55. The Labute approximate surface area is 137 Å². The Morgan fingerprint density at radius 3 is 1.59 bits per heavy atom. The summed E-state index contributed by atoms with van der Waals surface area (Å²) >= 11 is 0. The van der Waals surface area contributed by atoms with Crippen LogP contribution >= 0.6 is 0 Å². The molecule has 0 saturated heterocycles. The van der Waals surface area contributed by atoms with E-state index in [0.29, 0.717) is 18.9 Å². The van der Waals surface area contributed by atoms with Crippen molar-refractivity contribution in [2.24, 2.45) is 11.7 Å². The number of carbonyl (C=O) groups is 1. The molecule has 134 valence electrons. The van der Waals surface area contributed by atoms with Crippen LogP contribution in [-0.2, 0) is 4.79 Å². The minimum absolute atomic E-state index is 0.357. The summed E-state index contributed by atoms with van der Waals surface area (Å²) in [6.45, 7) is 6.52. The van der Waals surface area contributed by atoms with Crippen LogP contribution in [0.25, 0.3) is 0 Å². The number of carboxylic acid groups (broad SMARTS) is 1. The Morgan fingerprint density at radius 2 is 1.32 bits per heavy atom. The molecule has 0 heterocycles.